The molecule has 3 aromatic rings. The first kappa shape index (κ1) is 22.4. The van der Waals surface area contributed by atoms with Gasteiger partial charge in [0.05, 0.1) is 35.4 Å². The second-order valence-corrected chi connectivity index (χ2v) is 9.16. The SMILES string of the molecule is N#Cc1c[nH]c2nc(Nc3ccc(C(=O)N4CCOCC4)c4c3OCCO4)nc(NCC3CCC3)c12. The van der Waals surface area contributed by atoms with Crippen LogP contribution in [0.4, 0.5) is 17.5 Å². The molecule has 1 saturated carbocycles. The summed E-state index contributed by atoms with van der Waals surface area (Å²) >= 11 is 0. The number of rotatable bonds is 6. The number of aromatic amines is 1. The summed E-state index contributed by atoms with van der Waals surface area (Å²) in [4.78, 5) is 27.3. The zero-order chi connectivity index (χ0) is 24.5. The molecule has 0 bridgehead atoms. The van der Waals surface area contributed by atoms with Gasteiger partial charge < -0.3 is 34.7 Å². The van der Waals surface area contributed by atoms with Crippen LogP contribution < -0.4 is 20.1 Å². The topological polar surface area (TPSA) is 137 Å². The van der Waals surface area contributed by atoms with Crippen molar-refractivity contribution >= 4 is 34.4 Å². The van der Waals surface area contributed by atoms with E-state index in [-0.39, 0.29) is 5.91 Å². The van der Waals surface area contributed by atoms with Gasteiger partial charge >= 0.3 is 0 Å². The van der Waals surface area contributed by atoms with Gasteiger partial charge in [0.1, 0.15) is 30.7 Å². The molecule has 11 nitrogen and oxygen atoms in total. The van der Waals surface area contributed by atoms with Crippen LogP contribution in [0.5, 0.6) is 11.5 Å². The highest BCUT2D eigenvalue weighted by atomic mass is 16.6. The van der Waals surface area contributed by atoms with Crippen LogP contribution in [0.25, 0.3) is 11.0 Å². The number of hydrogen-bond acceptors (Lipinski definition) is 9. The van der Waals surface area contributed by atoms with Gasteiger partial charge in [-0.25, -0.2) is 0 Å². The molecule has 4 heterocycles. The van der Waals surface area contributed by atoms with E-state index in [0.717, 1.165) is 6.54 Å². The van der Waals surface area contributed by atoms with E-state index in [1.54, 1.807) is 23.2 Å². The number of carbonyl (C=O) groups excluding carboxylic acids is 1. The van der Waals surface area contributed by atoms with Gasteiger partial charge in [0.25, 0.3) is 5.91 Å². The fourth-order valence-electron chi connectivity index (χ4n) is 4.70. The van der Waals surface area contributed by atoms with Crippen molar-refractivity contribution in [3.05, 3.63) is 29.5 Å². The molecule has 11 heteroatoms. The smallest absolute Gasteiger partial charge is 0.257 e. The minimum absolute atomic E-state index is 0.109. The largest absolute Gasteiger partial charge is 0.485 e. The lowest BCUT2D eigenvalue weighted by molar-refractivity contribution is 0.0298. The van der Waals surface area contributed by atoms with Crippen LogP contribution in [0.15, 0.2) is 18.3 Å². The number of nitriles is 1. The summed E-state index contributed by atoms with van der Waals surface area (Å²) in [5.41, 5.74) is 2.11. The number of aromatic nitrogens is 3. The van der Waals surface area contributed by atoms with E-state index in [1.165, 1.54) is 19.3 Å². The lowest BCUT2D eigenvalue weighted by Gasteiger charge is -2.29. The van der Waals surface area contributed by atoms with Crippen molar-refractivity contribution in [3.8, 4) is 17.6 Å². The minimum atomic E-state index is -0.109. The predicted octanol–water partition coefficient (Wildman–Crippen LogP) is 3.03. The van der Waals surface area contributed by atoms with Crippen molar-refractivity contribution in [3.63, 3.8) is 0 Å². The summed E-state index contributed by atoms with van der Waals surface area (Å²) in [7, 11) is 0. The van der Waals surface area contributed by atoms with Gasteiger partial charge in [-0.2, -0.15) is 15.2 Å². The molecule has 2 aromatic heterocycles. The van der Waals surface area contributed by atoms with Gasteiger partial charge in [0.15, 0.2) is 11.5 Å². The number of benzene rings is 1. The quantitative estimate of drug-likeness (QED) is 0.477. The average molecular weight is 490 g/mol. The normalized spacial score (nSPS) is 17.4. The van der Waals surface area contributed by atoms with E-state index >= 15 is 0 Å². The zero-order valence-electron chi connectivity index (χ0n) is 19.8. The summed E-state index contributed by atoms with van der Waals surface area (Å²) in [6, 6.07) is 5.73. The average Bonchev–Trinajstić information content (AvgIpc) is 3.31. The van der Waals surface area contributed by atoms with Crippen molar-refractivity contribution in [2.75, 3.05) is 56.7 Å². The molecule has 0 radical (unpaired) electrons. The Balaban J connectivity index is 1.32. The van der Waals surface area contributed by atoms with E-state index in [1.807, 2.05) is 0 Å². The fourth-order valence-corrected chi connectivity index (χ4v) is 4.70. The number of anilines is 3. The number of morpholine rings is 1. The zero-order valence-corrected chi connectivity index (χ0v) is 19.8. The third-order valence-electron chi connectivity index (χ3n) is 6.90. The maximum atomic E-state index is 13.2. The molecule has 2 aliphatic heterocycles. The highest BCUT2D eigenvalue weighted by molar-refractivity contribution is 5.99. The molecular weight excluding hydrogens is 462 g/mol. The molecule has 0 unspecified atom stereocenters. The number of nitrogens with zero attached hydrogens (tertiary/aromatic N) is 4. The molecule has 3 aliphatic rings. The van der Waals surface area contributed by atoms with Crippen molar-refractivity contribution < 1.29 is 19.0 Å². The lowest BCUT2D eigenvalue weighted by Crippen LogP contribution is -2.41. The Labute approximate surface area is 207 Å². The Morgan fingerprint density at radius 3 is 2.69 bits per heavy atom. The van der Waals surface area contributed by atoms with Gasteiger partial charge in [-0.05, 0) is 30.9 Å². The molecule has 36 heavy (non-hydrogen) atoms. The van der Waals surface area contributed by atoms with Crippen molar-refractivity contribution in [2.45, 2.75) is 19.3 Å². The van der Waals surface area contributed by atoms with E-state index in [4.69, 9.17) is 19.2 Å². The van der Waals surface area contributed by atoms with Gasteiger partial charge in [-0.15, -0.1) is 0 Å². The molecule has 1 aliphatic carbocycles. The summed E-state index contributed by atoms with van der Waals surface area (Å²) in [6.45, 7) is 3.65. The number of carbonyl (C=O) groups is 1. The van der Waals surface area contributed by atoms with Crippen LogP contribution in [0.3, 0.4) is 0 Å². The van der Waals surface area contributed by atoms with Crippen LogP contribution in [0.2, 0.25) is 0 Å². The highest BCUT2D eigenvalue weighted by Crippen LogP contribution is 2.42. The van der Waals surface area contributed by atoms with Crippen LogP contribution >= 0.6 is 0 Å². The minimum Gasteiger partial charge on any atom is -0.485 e. The standard InChI is InChI=1S/C25H27N7O4/c26-12-16-14-28-23-19(16)22(27-13-15-2-1-3-15)30-25(31-23)29-18-5-4-17(20-21(18)36-11-10-35-20)24(33)32-6-8-34-9-7-32/h4-5,14-15H,1-3,6-11,13H2,(H3,27,28,29,30,31). The van der Waals surface area contributed by atoms with Gasteiger partial charge in [-0.1, -0.05) is 6.42 Å². The van der Waals surface area contributed by atoms with E-state index in [0.29, 0.717) is 96.5 Å². The van der Waals surface area contributed by atoms with Crippen LogP contribution in [0.1, 0.15) is 35.2 Å². The summed E-state index contributed by atoms with van der Waals surface area (Å²) < 4.78 is 17.2. The Morgan fingerprint density at radius 2 is 1.94 bits per heavy atom. The molecular formula is C25H27N7O4. The highest BCUT2D eigenvalue weighted by Gasteiger charge is 2.28. The van der Waals surface area contributed by atoms with Crippen LogP contribution in [-0.4, -0.2) is 71.8 Å². The molecule has 1 amide bonds. The number of nitrogens with one attached hydrogen (secondary N) is 3. The molecule has 186 valence electrons. The number of H-pyrrole nitrogens is 1. The monoisotopic (exact) mass is 489 g/mol. The van der Waals surface area contributed by atoms with E-state index < -0.39 is 0 Å². The molecule has 3 N–H and O–H groups in total. The molecule has 0 spiro atoms. The van der Waals surface area contributed by atoms with Crippen LogP contribution in [-0.2, 0) is 4.74 Å². The van der Waals surface area contributed by atoms with Crippen molar-refractivity contribution in [1.29, 1.82) is 5.26 Å². The number of hydrogen-bond donors (Lipinski definition) is 3. The second-order valence-electron chi connectivity index (χ2n) is 9.16. The molecule has 0 atom stereocenters. The second kappa shape index (κ2) is 9.54. The van der Waals surface area contributed by atoms with E-state index in [9.17, 15) is 10.1 Å². The summed E-state index contributed by atoms with van der Waals surface area (Å²) in [5, 5.41) is 16.9. The Hall–Kier alpha value is -4.04. The van der Waals surface area contributed by atoms with Gasteiger partial charge in [0.2, 0.25) is 5.95 Å². The molecule has 1 aromatic carbocycles. The first-order chi connectivity index (χ1) is 17.7. The molecule has 1 saturated heterocycles. The number of amides is 1. The first-order valence-corrected chi connectivity index (χ1v) is 12.3. The third kappa shape index (κ3) is 4.13. The predicted molar refractivity (Wildman–Crippen MR) is 132 cm³/mol. The number of ether oxygens (including phenoxy) is 3. The van der Waals surface area contributed by atoms with Gasteiger partial charge in [-0.3, -0.25) is 4.79 Å². The Morgan fingerprint density at radius 1 is 1.14 bits per heavy atom. The number of fused-ring (bicyclic) bond motifs is 2. The summed E-state index contributed by atoms with van der Waals surface area (Å²) in [5.74, 6) is 2.33. The van der Waals surface area contributed by atoms with Gasteiger partial charge in [0, 0.05) is 25.8 Å². The lowest BCUT2D eigenvalue weighted by atomic mass is 9.85. The fraction of sp³-hybridized carbons (Fsp3) is 0.440. The van der Waals surface area contributed by atoms with Crippen molar-refractivity contribution in [1.82, 2.24) is 19.9 Å². The molecule has 6 rings (SSSR count). The summed E-state index contributed by atoms with van der Waals surface area (Å²) in [6.07, 6.45) is 5.29. The van der Waals surface area contributed by atoms with E-state index in [2.05, 4.69) is 26.7 Å². The maximum absolute atomic E-state index is 13.2. The molecule has 2 fully saturated rings. The Bertz CT molecular complexity index is 1340. The maximum Gasteiger partial charge on any atom is 0.257 e. The third-order valence-corrected chi connectivity index (χ3v) is 6.90. The Kier molecular flexibility index (Phi) is 5.95. The van der Waals surface area contributed by atoms with Crippen LogP contribution in [0, 0.1) is 17.2 Å². The van der Waals surface area contributed by atoms with Crippen molar-refractivity contribution in [2.24, 2.45) is 5.92 Å². The first-order valence-electron chi connectivity index (χ1n) is 12.3.